The lowest BCUT2D eigenvalue weighted by Gasteiger charge is -2.25. The third kappa shape index (κ3) is 2.55. The van der Waals surface area contributed by atoms with Crippen LogP contribution in [0.15, 0.2) is 24.3 Å². The van der Waals surface area contributed by atoms with Crippen LogP contribution in [0.25, 0.3) is 0 Å². The van der Waals surface area contributed by atoms with Crippen LogP contribution in [0.4, 0.5) is 5.69 Å². The molecule has 2 N–H and O–H groups in total. The van der Waals surface area contributed by atoms with Crippen molar-refractivity contribution in [3.63, 3.8) is 0 Å². The van der Waals surface area contributed by atoms with E-state index in [1.807, 2.05) is 18.2 Å². The maximum atomic E-state index is 12.3. The molecule has 1 unspecified atom stereocenters. The summed E-state index contributed by atoms with van der Waals surface area (Å²) in [6.07, 6.45) is 8.63. The van der Waals surface area contributed by atoms with Crippen molar-refractivity contribution in [3.05, 3.63) is 29.8 Å². The van der Waals surface area contributed by atoms with Gasteiger partial charge in [0.15, 0.2) is 0 Å². The van der Waals surface area contributed by atoms with Gasteiger partial charge in [0.1, 0.15) is 0 Å². The van der Waals surface area contributed by atoms with Crippen molar-refractivity contribution in [3.8, 4) is 12.3 Å². The molecule has 1 atom stereocenters. The number of carbonyl (C=O) groups is 1. The van der Waals surface area contributed by atoms with Crippen LogP contribution in [0.3, 0.4) is 0 Å². The van der Waals surface area contributed by atoms with E-state index < -0.39 is 6.04 Å². The molecule has 1 amide bonds. The first-order chi connectivity index (χ1) is 8.74. The Labute approximate surface area is 108 Å². The minimum atomic E-state index is -0.596. The van der Waals surface area contributed by atoms with Gasteiger partial charge in [0, 0.05) is 18.7 Å². The molecule has 0 spiro atoms. The topological polar surface area (TPSA) is 46.3 Å². The number of nitrogens with two attached hydrogens (primary N) is 1. The maximum absolute atomic E-state index is 12.3. The maximum Gasteiger partial charge on any atom is 0.244 e. The number of benzene rings is 1. The Morgan fingerprint density at radius 2 is 2.22 bits per heavy atom. The highest BCUT2D eigenvalue weighted by molar-refractivity contribution is 5.98. The Kier molecular flexibility index (Phi) is 4.01. The number of rotatable bonds is 2. The van der Waals surface area contributed by atoms with Gasteiger partial charge in [-0.05, 0) is 30.9 Å². The number of amides is 1. The summed E-state index contributed by atoms with van der Waals surface area (Å²) in [5, 5.41) is 0. The van der Waals surface area contributed by atoms with E-state index in [-0.39, 0.29) is 12.3 Å². The monoisotopic (exact) mass is 242 g/mol. The van der Waals surface area contributed by atoms with E-state index >= 15 is 0 Å². The van der Waals surface area contributed by atoms with E-state index in [4.69, 9.17) is 12.2 Å². The molecule has 1 aliphatic heterocycles. The summed E-state index contributed by atoms with van der Waals surface area (Å²) in [5.74, 6) is 2.39. The first kappa shape index (κ1) is 12.7. The van der Waals surface area contributed by atoms with Gasteiger partial charge in [0.2, 0.25) is 5.91 Å². The lowest BCUT2D eigenvalue weighted by molar-refractivity contribution is -0.119. The predicted octanol–water partition coefficient (Wildman–Crippen LogP) is 1.71. The third-order valence-electron chi connectivity index (χ3n) is 3.28. The molecule has 0 bridgehead atoms. The number of fused-ring (bicyclic) bond motifs is 1. The molecule has 2 rings (SSSR count). The summed E-state index contributed by atoms with van der Waals surface area (Å²) in [4.78, 5) is 14.1. The average molecular weight is 242 g/mol. The molecule has 94 valence electrons. The van der Waals surface area contributed by atoms with Crippen LogP contribution in [0.1, 0.15) is 24.8 Å². The summed E-state index contributed by atoms with van der Waals surface area (Å²) in [6.45, 7) is 0.730. The first-order valence-electron chi connectivity index (χ1n) is 6.32. The van der Waals surface area contributed by atoms with Crippen molar-refractivity contribution >= 4 is 11.6 Å². The zero-order chi connectivity index (χ0) is 13.0. The van der Waals surface area contributed by atoms with Gasteiger partial charge in [-0.3, -0.25) is 4.79 Å². The van der Waals surface area contributed by atoms with Crippen molar-refractivity contribution in [2.75, 3.05) is 11.4 Å². The number of nitrogens with zero attached hydrogens (tertiary/aromatic N) is 1. The highest BCUT2D eigenvalue weighted by atomic mass is 16.2. The number of anilines is 1. The largest absolute Gasteiger partial charge is 0.319 e. The quantitative estimate of drug-likeness (QED) is 0.802. The number of hydrogen-bond donors (Lipinski definition) is 1. The third-order valence-corrected chi connectivity index (χ3v) is 3.28. The molecule has 0 saturated carbocycles. The fraction of sp³-hybridized carbons (Fsp3) is 0.400. The van der Waals surface area contributed by atoms with Crippen molar-refractivity contribution in [2.45, 2.75) is 31.7 Å². The fourth-order valence-corrected chi connectivity index (χ4v) is 2.33. The highest BCUT2D eigenvalue weighted by Crippen LogP contribution is 2.26. The van der Waals surface area contributed by atoms with Gasteiger partial charge in [-0.2, -0.15) is 0 Å². The van der Waals surface area contributed by atoms with Crippen LogP contribution in [0, 0.1) is 12.3 Å². The number of aryl methyl sites for hydroxylation is 1. The van der Waals surface area contributed by atoms with E-state index in [1.165, 1.54) is 5.56 Å². The van der Waals surface area contributed by atoms with Crippen molar-refractivity contribution < 1.29 is 4.79 Å². The van der Waals surface area contributed by atoms with E-state index in [1.54, 1.807) is 4.90 Å². The highest BCUT2D eigenvalue weighted by Gasteiger charge is 2.24. The first-order valence-corrected chi connectivity index (χ1v) is 6.32. The normalized spacial score (nSPS) is 16.3. The van der Waals surface area contributed by atoms with Crippen molar-refractivity contribution in [1.29, 1.82) is 0 Å². The van der Waals surface area contributed by atoms with Crippen LogP contribution >= 0.6 is 0 Å². The molecular weight excluding hydrogens is 224 g/mol. The summed E-state index contributed by atoms with van der Waals surface area (Å²) >= 11 is 0. The van der Waals surface area contributed by atoms with Crippen LogP contribution < -0.4 is 10.6 Å². The van der Waals surface area contributed by atoms with Crippen LogP contribution in [0.2, 0.25) is 0 Å². The van der Waals surface area contributed by atoms with Gasteiger partial charge in [-0.15, -0.1) is 12.3 Å². The predicted molar refractivity (Wildman–Crippen MR) is 73.2 cm³/mol. The molecule has 1 aromatic rings. The Morgan fingerprint density at radius 3 is 3.00 bits per heavy atom. The average Bonchev–Trinajstić information content (AvgIpc) is 2.60. The van der Waals surface area contributed by atoms with E-state index in [9.17, 15) is 4.79 Å². The second-order valence-electron chi connectivity index (χ2n) is 4.59. The van der Waals surface area contributed by atoms with Gasteiger partial charge in [-0.1, -0.05) is 18.2 Å². The van der Waals surface area contributed by atoms with Gasteiger partial charge in [0.25, 0.3) is 0 Å². The summed E-state index contributed by atoms with van der Waals surface area (Å²) in [5.41, 5.74) is 8.04. The molecule has 0 radical (unpaired) electrons. The van der Waals surface area contributed by atoms with E-state index in [0.717, 1.165) is 31.5 Å². The van der Waals surface area contributed by atoms with Crippen LogP contribution in [-0.4, -0.2) is 18.5 Å². The molecule has 1 aromatic carbocycles. The number of terminal acetylenes is 1. The van der Waals surface area contributed by atoms with Gasteiger partial charge >= 0.3 is 0 Å². The molecule has 0 saturated heterocycles. The van der Waals surface area contributed by atoms with E-state index in [2.05, 4.69) is 12.0 Å². The zero-order valence-electron chi connectivity index (χ0n) is 10.4. The SMILES string of the molecule is C#CCC(N)C(=O)N1CCCCc2ccccc21. The molecule has 1 heterocycles. The van der Waals surface area contributed by atoms with Gasteiger partial charge in [0.05, 0.1) is 6.04 Å². The van der Waals surface area contributed by atoms with Gasteiger partial charge in [-0.25, -0.2) is 0 Å². The van der Waals surface area contributed by atoms with Gasteiger partial charge < -0.3 is 10.6 Å². The minimum Gasteiger partial charge on any atom is -0.319 e. The van der Waals surface area contributed by atoms with Crippen LogP contribution in [0.5, 0.6) is 0 Å². The lowest BCUT2D eigenvalue weighted by atomic mass is 10.1. The second kappa shape index (κ2) is 5.70. The number of hydrogen-bond acceptors (Lipinski definition) is 2. The second-order valence-corrected chi connectivity index (χ2v) is 4.59. The Morgan fingerprint density at radius 1 is 1.44 bits per heavy atom. The molecule has 0 aliphatic carbocycles. The number of carbonyl (C=O) groups excluding carboxylic acids is 1. The molecule has 1 aliphatic rings. The smallest absolute Gasteiger partial charge is 0.244 e. The number of para-hydroxylation sites is 1. The summed E-state index contributed by atoms with van der Waals surface area (Å²) < 4.78 is 0. The lowest BCUT2D eigenvalue weighted by Crippen LogP contribution is -2.44. The molecule has 18 heavy (non-hydrogen) atoms. The van der Waals surface area contributed by atoms with Crippen molar-refractivity contribution in [2.24, 2.45) is 5.73 Å². The molecular formula is C15H18N2O. The minimum absolute atomic E-state index is 0.0673. The van der Waals surface area contributed by atoms with Crippen molar-refractivity contribution in [1.82, 2.24) is 0 Å². The molecule has 0 aromatic heterocycles. The Hall–Kier alpha value is -1.79. The molecule has 3 nitrogen and oxygen atoms in total. The Bertz CT molecular complexity index is 476. The Balaban J connectivity index is 2.28. The standard InChI is InChI=1S/C15H18N2O/c1-2-7-13(16)15(18)17-11-6-5-9-12-8-3-4-10-14(12)17/h1,3-4,8,10,13H,5-7,9,11,16H2. The van der Waals surface area contributed by atoms with E-state index in [0.29, 0.717) is 0 Å². The summed E-state index contributed by atoms with van der Waals surface area (Å²) in [7, 11) is 0. The fourth-order valence-electron chi connectivity index (χ4n) is 2.33. The summed E-state index contributed by atoms with van der Waals surface area (Å²) in [6, 6.07) is 7.43. The molecule has 0 fully saturated rings. The van der Waals surface area contributed by atoms with Crippen LogP contribution in [-0.2, 0) is 11.2 Å². The zero-order valence-corrected chi connectivity index (χ0v) is 10.4. The molecule has 3 heteroatoms.